The van der Waals surface area contributed by atoms with Gasteiger partial charge in [-0.3, -0.25) is 0 Å². The summed E-state index contributed by atoms with van der Waals surface area (Å²) in [6, 6.07) is 9.30. The third kappa shape index (κ3) is 2.59. The van der Waals surface area contributed by atoms with Crippen molar-refractivity contribution in [3.8, 4) is 0 Å². The number of halogens is 2. The summed E-state index contributed by atoms with van der Waals surface area (Å²) < 4.78 is 26.0. The Balaban J connectivity index is 3.11. The van der Waals surface area contributed by atoms with Gasteiger partial charge < -0.3 is 5.73 Å². The van der Waals surface area contributed by atoms with Crippen molar-refractivity contribution >= 4 is 0 Å². The molecule has 0 spiro atoms. The first-order chi connectivity index (χ1) is 7.37. The second-order valence-electron chi connectivity index (χ2n) is 4.80. The zero-order valence-corrected chi connectivity index (χ0v) is 9.95. The molecule has 0 aliphatic rings. The van der Waals surface area contributed by atoms with Crippen LogP contribution in [-0.4, -0.2) is 12.0 Å². The number of hydrogen-bond acceptors (Lipinski definition) is 1. The van der Waals surface area contributed by atoms with E-state index in [9.17, 15) is 8.78 Å². The highest BCUT2D eigenvalue weighted by Gasteiger charge is 2.41. The molecule has 0 saturated carbocycles. The molecule has 1 aromatic rings. The average Bonchev–Trinajstić information content (AvgIpc) is 2.18. The largest absolute Gasteiger partial charge is 0.320 e. The molecule has 1 rings (SSSR count). The van der Waals surface area contributed by atoms with Crippen LogP contribution in [0.3, 0.4) is 0 Å². The van der Waals surface area contributed by atoms with E-state index in [1.54, 1.807) is 0 Å². The summed E-state index contributed by atoms with van der Waals surface area (Å²) >= 11 is 0. The highest BCUT2D eigenvalue weighted by atomic mass is 19.3. The fraction of sp³-hybridized carbons (Fsp3) is 0.538. The van der Waals surface area contributed by atoms with Crippen molar-refractivity contribution in [1.82, 2.24) is 0 Å². The third-order valence-electron chi connectivity index (χ3n) is 2.97. The smallest absolute Gasteiger partial charge is 0.256 e. The van der Waals surface area contributed by atoms with Gasteiger partial charge in [-0.15, -0.1) is 0 Å². The van der Waals surface area contributed by atoms with E-state index >= 15 is 0 Å². The zero-order valence-electron chi connectivity index (χ0n) is 9.95. The molecule has 0 radical (unpaired) electrons. The molecule has 0 heterocycles. The Hall–Kier alpha value is -0.960. The van der Waals surface area contributed by atoms with Gasteiger partial charge in [0.2, 0.25) is 0 Å². The van der Waals surface area contributed by atoms with Gasteiger partial charge in [-0.2, -0.15) is 0 Å². The number of alkyl halides is 2. The van der Waals surface area contributed by atoms with Crippen molar-refractivity contribution in [3.05, 3.63) is 35.9 Å². The maximum absolute atomic E-state index is 13.0. The second-order valence-corrected chi connectivity index (χ2v) is 4.80. The Morgan fingerprint density at radius 3 is 2.00 bits per heavy atom. The summed E-state index contributed by atoms with van der Waals surface area (Å²) in [6.07, 6.45) is -2.53. The molecule has 3 heteroatoms. The Kier molecular flexibility index (Phi) is 4.03. The Bertz CT molecular complexity index is 320. The standard InChI is InChI=1S/C13H19F2N/c1-9(2)11(13(3,16)12(14)15)10-7-5-4-6-8-10/h4-9,11-12H,16H2,1-3H3. The molecule has 0 aromatic heterocycles. The van der Waals surface area contributed by atoms with E-state index in [2.05, 4.69) is 0 Å². The van der Waals surface area contributed by atoms with Gasteiger partial charge in [0.05, 0.1) is 5.54 Å². The molecular weight excluding hydrogens is 208 g/mol. The van der Waals surface area contributed by atoms with Crippen LogP contribution in [0.25, 0.3) is 0 Å². The molecule has 0 aliphatic carbocycles. The van der Waals surface area contributed by atoms with Gasteiger partial charge in [0, 0.05) is 5.92 Å². The predicted octanol–water partition coefficient (Wildman–Crippen LogP) is 3.41. The average molecular weight is 227 g/mol. The van der Waals surface area contributed by atoms with Crippen molar-refractivity contribution in [2.24, 2.45) is 11.7 Å². The molecule has 0 amide bonds. The lowest BCUT2D eigenvalue weighted by Gasteiger charge is -2.36. The molecule has 2 atom stereocenters. The first-order valence-corrected chi connectivity index (χ1v) is 5.49. The molecule has 1 aromatic carbocycles. The normalized spacial score (nSPS) is 17.5. The second kappa shape index (κ2) is 4.91. The number of benzene rings is 1. The first kappa shape index (κ1) is 13.1. The van der Waals surface area contributed by atoms with Crippen LogP contribution in [0.5, 0.6) is 0 Å². The molecule has 16 heavy (non-hydrogen) atoms. The van der Waals surface area contributed by atoms with Crippen LogP contribution >= 0.6 is 0 Å². The van der Waals surface area contributed by atoms with Crippen LogP contribution in [0.15, 0.2) is 30.3 Å². The van der Waals surface area contributed by atoms with Crippen LogP contribution < -0.4 is 5.73 Å². The topological polar surface area (TPSA) is 26.0 Å². The first-order valence-electron chi connectivity index (χ1n) is 5.49. The summed E-state index contributed by atoms with van der Waals surface area (Å²) in [5, 5.41) is 0. The Morgan fingerprint density at radius 1 is 1.12 bits per heavy atom. The van der Waals surface area contributed by atoms with E-state index in [1.807, 2.05) is 44.2 Å². The Labute approximate surface area is 95.7 Å². The lowest BCUT2D eigenvalue weighted by Crippen LogP contribution is -2.51. The number of hydrogen-bond donors (Lipinski definition) is 1. The van der Waals surface area contributed by atoms with Crippen LogP contribution in [0, 0.1) is 5.92 Å². The minimum atomic E-state index is -2.53. The quantitative estimate of drug-likeness (QED) is 0.838. The lowest BCUT2D eigenvalue weighted by molar-refractivity contribution is 0.0378. The van der Waals surface area contributed by atoms with Gasteiger partial charge in [0.1, 0.15) is 0 Å². The zero-order chi connectivity index (χ0) is 12.3. The molecule has 0 aliphatic heterocycles. The highest BCUT2D eigenvalue weighted by Crippen LogP contribution is 2.36. The van der Waals surface area contributed by atoms with E-state index in [-0.39, 0.29) is 11.8 Å². The van der Waals surface area contributed by atoms with Crippen LogP contribution in [-0.2, 0) is 0 Å². The molecule has 90 valence electrons. The summed E-state index contributed by atoms with van der Waals surface area (Å²) in [5.41, 5.74) is 5.17. The fourth-order valence-corrected chi connectivity index (χ4v) is 2.26. The van der Waals surface area contributed by atoms with Crippen molar-refractivity contribution in [1.29, 1.82) is 0 Å². The van der Waals surface area contributed by atoms with Gasteiger partial charge in [0.25, 0.3) is 6.43 Å². The fourth-order valence-electron chi connectivity index (χ4n) is 2.26. The van der Waals surface area contributed by atoms with Gasteiger partial charge in [0.15, 0.2) is 0 Å². The van der Waals surface area contributed by atoms with Crippen molar-refractivity contribution in [2.45, 2.75) is 38.7 Å². The number of rotatable bonds is 4. The summed E-state index contributed by atoms with van der Waals surface area (Å²) in [5.74, 6) is -0.264. The summed E-state index contributed by atoms with van der Waals surface area (Å²) in [7, 11) is 0. The maximum Gasteiger partial charge on any atom is 0.256 e. The van der Waals surface area contributed by atoms with Crippen LogP contribution in [0.2, 0.25) is 0 Å². The van der Waals surface area contributed by atoms with Crippen LogP contribution in [0.1, 0.15) is 32.3 Å². The predicted molar refractivity (Wildman–Crippen MR) is 62.6 cm³/mol. The molecular formula is C13H19F2N. The van der Waals surface area contributed by atoms with Crippen LogP contribution in [0.4, 0.5) is 8.78 Å². The molecule has 1 nitrogen and oxygen atoms in total. The summed E-state index contributed by atoms with van der Waals surface area (Å²) in [6.45, 7) is 5.27. The van der Waals surface area contributed by atoms with Gasteiger partial charge >= 0.3 is 0 Å². The lowest BCUT2D eigenvalue weighted by atomic mass is 9.74. The molecule has 0 saturated heterocycles. The molecule has 0 bridgehead atoms. The highest BCUT2D eigenvalue weighted by molar-refractivity contribution is 5.24. The minimum absolute atomic E-state index is 0.0754. The minimum Gasteiger partial charge on any atom is -0.320 e. The van der Waals surface area contributed by atoms with Gasteiger partial charge in [-0.25, -0.2) is 8.78 Å². The van der Waals surface area contributed by atoms with Gasteiger partial charge in [-0.05, 0) is 18.4 Å². The molecule has 2 N–H and O–H groups in total. The van der Waals surface area contributed by atoms with E-state index < -0.39 is 12.0 Å². The molecule has 0 fully saturated rings. The maximum atomic E-state index is 13.0. The SMILES string of the molecule is CC(C)C(c1ccccc1)C(C)(N)C(F)F. The van der Waals surface area contributed by atoms with E-state index in [1.165, 1.54) is 6.92 Å². The van der Waals surface area contributed by atoms with Crippen molar-refractivity contribution in [2.75, 3.05) is 0 Å². The van der Waals surface area contributed by atoms with E-state index in [4.69, 9.17) is 5.73 Å². The number of nitrogens with two attached hydrogens (primary N) is 1. The third-order valence-corrected chi connectivity index (χ3v) is 2.97. The summed E-state index contributed by atoms with van der Waals surface area (Å²) in [4.78, 5) is 0. The van der Waals surface area contributed by atoms with Crippen molar-refractivity contribution < 1.29 is 8.78 Å². The van der Waals surface area contributed by atoms with Crippen molar-refractivity contribution in [3.63, 3.8) is 0 Å². The monoisotopic (exact) mass is 227 g/mol. The van der Waals surface area contributed by atoms with E-state index in [0.29, 0.717) is 0 Å². The molecule has 2 unspecified atom stereocenters. The Morgan fingerprint density at radius 2 is 1.62 bits per heavy atom. The van der Waals surface area contributed by atoms with Gasteiger partial charge in [-0.1, -0.05) is 44.2 Å². The van der Waals surface area contributed by atoms with E-state index in [0.717, 1.165) is 5.56 Å².